The summed E-state index contributed by atoms with van der Waals surface area (Å²) in [6, 6.07) is 5.77. The van der Waals surface area contributed by atoms with Crippen molar-refractivity contribution in [3.8, 4) is 5.75 Å². The van der Waals surface area contributed by atoms with Gasteiger partial charge in [-0.2, -0.15) is 0 Å². The number of carbonyl (C=O) groups is 1. The van der Waals surface area contributed by atoms with Crippen molar-refractivity contribution < 1.29 is 33.9 Å². The molecule has 0 bridgehead atoms. The average molecular weight is 433 g/mol. The number of carboxylic acids is 1. The molecule has 10 nitrogen and oxygen atoms in total. The van der Waals surface area contributed by atoms with Gasteiger partial charge in [0, 0.05) is 40.3 Å². The molecule has 3 aromatic rings. The van der Waals surface area contributed by atoms with Crippen LogP contribution in [-0.4, -0.2) is 42.0 Å². The van der Waals surface area contributed by atoms with Crippen molar-refractivity contribution in [2.45, 2.75) is 32.0 Å². The molecule has 2 atom stereocenters. The molecule has 0 saturated heterocycles. The number of aromatic amines is 1. The third kappa shape index (κ3) is 3.71. The van der Waals surface area contributed by atoms with Gasteiger partial charge in [0.15, 0.2) is 0 Å². The van der Waals surface area contributed by atoms with Gasteiger partial charge in [-0.25, -0.2) is 4.57 Å². The Morgan fingerprint density at radius 3 is 2.77 bits per heavy atom. The first kappa shape index (κ1) is 20.5. The van der Waals surface area contributed by atoms with Crippen LogP contribution in [-0.2, 0) is 26.9 Å². The van der Waals surface area contributed by atoms with Crippen molar-refractivity contribution >= 4 is 24.7 Å². The number of fused-ring (bicyclic) bond motifs is 3. The van der Waals surface area contributed by atoms with E-state index in [0.717, 1.165) is 16.5 Å². The van der Waals surface area contributed by atoms with Crippen molar-refractivity contribution in [1.82, 2.24) is 15.3 Å². The van der Waals surface area contributed by atoms with Gasteiger partial charge in [-0.3, -0.25) is 19.6 Å². The number of aryl methyl sites for hydroxylation is 1. The lowest BCUT2D eigenvalue weighted by atomic mass is 9.88. The smallest absolute Gasteiger partial charge is 0.469 e. The van der Waals surface area contributed by atoms with Crippen molar-refractivity contribution in [2.75, 3.05) is 0 Å². The number of aliphatic carboxylic acids is 1. The van der Waals surface area contributed by atoms with Crippen molar-refractivity contribution in [2.24, 2.45) is 0 Å². The fraction of sp³-hybridized carbons (Fsp3) is 0.263. The molecule has 0 spiro atoms. The largest absolute Gasteiger partial charge is 0.506 e. The molecule has 0 aliphatic carbocycles. The van der Waals surface area contributed by atoms with Crippen LogP contribution < -0.4 is 5.32 Å². The van der Waals surface area contributed by atoms with E-state index < -0.39 is 32.5 Å². The SMILES string of the molecule is Cc1ncc(COP(=O)(O)O)c([C@@H]2N[C@H](C(=O)O)Cc3c2[nH]c2ccccc32)c1O. The van der Waals surface area contributed by atoms with Gasteiger partial charge in [-0.15, -0.1) is 0 Å². The summed E-state index contributed by atoms with van der Waals surface area (Å²) < 4.78 is 15.8. The Kier molecular flexibility index (Phi) is 5.13. The van der Waals surface area contributed by atoms with E-state index in [4.69, 9.17) is 9.79 Å². The van der Waals surface area contributed by atoms with Crippen LogP contribution in [0, 0.1) is 6.92 Å². The van der Waals surface area contributed by atoms with Crippen molar-refractivity contribution in [3.05, 3.63) is 58.5 Å². The number of rotatable bonds is 5. The van der Waals surface area contributed by atoms with E-state index in [2.05, 4.69) is 19.8 Å². The van der Waals surface area contributed by atoms with Crippen LogP contribution in [0.1, 0.15) is 34.1 Å². The van der Waals surface area contributed by atoms with E-state index in [1.807, 2.05) is 24.3 Å². The molecule has 0 radical (unpaired) electrons. The minimum absolute atomic E-state index is 0.199. The second-order valence-electron chi connectivity index (χ2n) is 7.15. The van der Waals surface area contributed by atoms with Crippen molar-refractivity contribution in [1.29, 1.82) is 0 Å². The Morgan fingerprint density at radius 2 is 2.07 bits per heavy atom. The summed E-state index contributed by atoms with van der Waals surface area (Å²) in [7, 11) is -4.77. The predicted molar refractivity (Wildman–Crippen MR) is 106 cm³/mol. The number of nitrogens with one attached hydrogen (secondary N) is 2. The van der Waals surface area contributed by atoms with Crippen LogP contribution in [0.4, 0.5) is 0 Å². The first-order valence-corrected chi connectivity index (χ1v) is 10.6. The molecule has 0 fully saturated rings. The van der Waals surface area contributed by atoms with Crippen LogP contribution in [0.3, 0.4) is 0 Å². The summed E-state index contributed by atoms with van der Waals surface area (Å²) in [5.74, 6) is -1.25. The maximum absolute atomic E-state index is 11.8. The Bertz CT molecular complexity index is 1190. The fourth-order valence-corrected chi connectivity index (χ4v) is 4.17. The second kappa shape index (κ2) is 7.50. The molecule has 4 rings (SSSR count). The van der Waals surface area contributed by atoms with Crippen LogP contribution >= 0.6 is 7.82 Å². The molecule has 30 heavy (non-hydrogen) atoms. The highest BCUT2D eigenvalue weighted by Crippen LogP contribution is 2.42. The van der Waals surface area contributed by atoms with Gasteiger partial charge in [0.05, 0.1) is 18.3 Å². The number of phosphoric ester groups is 1. The quantitative estimate of drug-likeness (QED) is 0.329. The lowest BCUT2D eigenvalue weighted by Crippen LogP contribution is -2.45. The number of nitrogens with zero attached hydrogens (tertiary/aromatic N) is 1. The van der Waals surface area contributed by atoms with Gasteiger partial charge in [0.2, 0.25) is 0 Å². The highest BCUT2D eigenvalue weighted by atomic mass is 31.2. The molecular formula is C19H20N3O7P. The Labute approximate surface area is 170 Å². The maximum Gasteiger partial charge on any atom is 0.469 e. The van der Waals surface area contributed by atoms with E-state index >= 15 is 0 Å². The molecule has 0 unspecified atom stereocenters. The van der Waals surface area contributed by atoms with Crippen LogP contribution in [0.5, 0.6) is 5.75 Å². The predicted octanol–water partition coefficient (Wildman–Crippen LogP) is 1.87. The number of aromatic hydroxyl groups is 1. The highest BCUT2D eigenvalue weighted by Gasteiger charge is 2.36. The molecule has 1 aromatic carbocycles. The van der Waals surface area contributed by atoms with Crippen molar-refractivity contribution in [3.63, 3.8) is 0 Å². The number of hydrogen-bond acceptors (Lipinski definition) is 6. The number of hydrogen-bond donors (Lipinski definition) is 6. The fourth-order valence-electron chi connectivity index (χ4n) is 3.86. The monoisotopic (exact) mass is 433 g/mol. The van der Waals surface area contributed by atoms with Gasteiger partial charge in [-0.05, 0) is 18.6 Å². The summed E-state index contributed by atoms with van der Waals surface area (Å²) in [4.78, 5) is 37.3. The molecule has 158 valence electrons. The Morgan fingerprint density at radius 1 is 1.33 bits per heavy atom. The normalized spacial score (nSPS) is 19.0. The minimum Gasteiger partial charge on any atom is -0.506 e. The van der Waals surface area contributed by atoms with E-state index in [0.29, 0.717) is 11.4 Å². The maximum atomic E-state index is 11.8. The Hall–Kier alpha value is -2.75. The number of benzene rings is 1. The topological polar surface area (TPSA) is 165 Å². The minimum atomic E-state index is -4.77. The first-order chi connectivity index (χ1) is 14.2. The van der Waals surface area contributed by atoms with E-state index in [-0.39, 0.29) is 23.3 Å². The highest BCUT2D eigenvalue weighted by molar-refractivity contribution is 7.46. The van der Waals surface area contributed by atoms with Gasteiger partial charge in [-0.1, -0.05) is 18.2 Å². The summed E-state index contributed by atoms with van der Waals surface area (Å²) in [5.41, 5.74) is 3.08. The lowest BCUT2D eigenvalue weighted by Gasteiger charge is -2.31. The van der Waals surface area contributed by atoms with Gasteiger partial charge < -0.3 is 25.0 Å². The third-order valence-corrected chi connectivity index (χ3v) is 5.71. The van der Waals surface area contributed by atoms with E-state index in [1.165, 1.54) is 6.20 Å². The zero-order valence-electron chi connectivity index (χ0n) is 15.9. The standard InChI is InChI=1S/C19H20N3O7P/c1-9-18(23)15(10(7-20-9)8-29-30(26,27)28)17-16-12(6-14(22-17)19(24)25)11-4-2-3-5-13(11)21-16/h2-5,7,14,17,21-23H,6,8H2,1H3,(H,24,25)(H2,26,27,28)/t14-,17-/m0/s1. The number of aromatic nitrogens is 2. The molecule has 6 N–H and O–H groups in total. The molecule has 2 aromatic heterocycles. The molecule has 1 aliphatic heterocycles. The van der Waals surface area contributed by atoms with Gasteiger partial charge >= 0.3 is 13.8 Å². The molecule has 1 aliphatic rings. The number of phosphoric acid groups is 1. The Balaban J connectivity index is 1.90. The van der Waals surface area contributed by atoms with Gasteiger partial charge in [0.25, 0.3) is 0 Å². The molecule has 11 heteroatoms. The summed E-state index contributed by atoms with van der Waals surface area (Å²) in [6.07, 6.45) is 1.60. The van der Waals surface area contributed by atoms with E-state index in [1.54, 1.807) is 6.92 Å². The summed E-state index contributed by atoms with van der Waals surface area (Å²) in [5, 5.41) is 24.3. The molecule has 0 amide bonds. The van der Waals surface area contributed by atoms with Crippen LogP contribution in [0.15, 0.2) is 30.5 Å². The number of H-pyrrole nitrogens is 1. The third-order valence-electron chi connectivity index (χ3n) is 5.24. The number of carboxylic acid groups (broad SMARTS) is 1. The lowest BCUT2D eigenvalue weighted by molar-refractivity contribution is -0.139. The molecule has 0 saturated carbocycles. The second-order valence-corrected chi connectivity index (χ2v) is 8.39. The molecular weight excluding hydrogens is 413 g/mol. The van der Waals surface area contributed by atoms with Gasteiger partial charge in [0.1, 0.15) is 11.8 Å². The number of para-hydroxylation sites is 1. The number of pyridine rings is 1. The van der Waals surface area contributed by atoms with Crippen LogP contribution in [0.25, 0.3) is 10.9 Å². The van der Waals surface area contributed by atoms with Crippen LogP contribution in [0.2, 0.25) is 0 Å². The van der Waals surface area contributed by atoms with E-state index in [9.17, 15) is 19.6 Å². The molecule has 3 heterocycles. The average Bonchev–Trinajstić information content (AvgIpc) is 3.06. The summed E-state index contributed by atoms with van der Waals surface area (Å²) in [6.45, 7) is 1.07. The first-order valence-electron chi connectivity index (χ1n) is 9.11. The zero-order valence-corrected chi connectivity index (χ0v) is 16.8. The zero-order chi connectivity index (χ0) is 21.6. The summed E-state index contributed by atoms with van der Waals surface area (Å²) >= 11 is 0.